The Bertz CT molecular complexity index is 276. The summed E-state index contributed by atoms with van der Waals surface area (Å²) >= 11 is 0. The van der Waals surface area contributed by atoms with E-state index in [4.69, 9.17) is 0 Å². The molecule has 0 aromatic heterocycles. The molecule has 0 radical (unpaired) electrons. The Morgan fingerprint density at radius 3 is 2.61 bits per heavy atom. The van der Waals surface area contributed by atoms with Gasteiger partial charge in [0, 0.05) is 12.6 Å². The van der Waals surface area contributed by atoms with Gasteiger partial charge in [0.05, 0.1) is 7.11 Å². The van der Waals surface area contributed by atoms with Crippen LogP contribution in [0.4, 0.5) is 0 Å². The maximum absolute atomic E-state index is 11.4. The number of nitrogens with one attached hydrogen (secondary N) is 1. The molecule has 3 atom stereocenters. The molecule has 18 heavy (non-hydrogen) atoms. The molecule has 106 valence electrons. The van der Waals surface area contributed by atoms with Crippen LogP contribution in [-0.2, 0) is 9.53 Å². The van der Waals surface area contributed by atoms with Gasteiger partial charge < -0.3 is 15.2 Å². The van der Waals surface area contributed by atoms with Crippen molar-refractivity contribution in [3.63, 3.8) is 0 Å². The zero-order chi connectivity index (χ0) is 13.8. The van der Waals surface area contributed by atoms with Gasteiger partial charge in [-0.2, -0.15) is 0 Å². The Labute approximate surface area is 110 Å². The molecule has 0 spiro atoms. The van der Waals surface area contributed by atoms with E-state index >= 15 is 0 Å². The zero-order valence-corrected chi connectivity index (χ0v) is 12.0. The van der Waals surface area contributed by atoms with Gasteiger partial charge in [0.25, 0.3) is 0 Å². The van der Waals surface area contributed by atoms with Crippen LogP contribution in [0.15, 0.2) is 0 Å². The van der Waals surface area contributed by atoms with Crippen LogP contribution < -0.4 is 5.32 Å². The minimum atomic E-state index is -1.44. The summed E-state index contributed by atoms with van der Waals surface area (Å²) in [7, 11) is 1.30. The Hall–Kier alpha value is -0.610. The fourth-order valence-electron chi connectivity index (χ4n) is 2.83. The molecule has 1 fully saturated rings. The number of aliphatic hydroxyl groups is 1. The molecule has 0 saturated heterocycles. The average molecular weight is 257 g/mol. The van der Waals surface area contributed by atoms with Crippen LogP contribution in [0, 0.1) is 11.8 Å². The first-order valence-electron chi connectivity index (χ1n) is 6.92. The van der Waals surface area contributed by atoms with Crippen LogP contribution in [0.5, 0.6) is 0 Å². The van der Waals surface area contributed by atoms with Gasteiger partial charge in [0.2, 0.25) is 0 Å². The SMILES string of the molecule is COC(=O)C(C)(O)CNC1CCCCC1C(C)C. The second-order valence-electron chi connectivity index (χ2n) is 5.95. The maximum Gasteiger partial charge on any atom is 0.338 e. The lowest BCUT2D eigenvalue weighted by Crippen LogP contribution is -2.51. The lowest BCUT2D eigenvalue weighted by molar-refractivity contribution is -0.160. The van der Waals surface area contributed by atoms with Crippen LogP contribution in [0.3, 0.4) is 0 Å². The molecule has 1 aliphatic carbocycles. The molecular weight excluding hydrogens is 230 g/mol. The van der Waals surface area contributed by atoms with Crippen LogP contribution in [0.25, 0.3) is 0 Å². The van der Waals surface area contributed by atoms with E-state index < -0.39 is 11.6 Å². The van der Waals surface area contributed by atoms with E-state index in [1.54, 1.807) is 0 Å². The van der Waals surface area contributed by atoms with Crippen molar-refractivity contribution >= 4 is 5.97 Å². The van der Waals surface area contributed by atoms with E-state index in [9.17, 15) is 9.90 Å². The minimum Gasteiger partial charge on any atom is -0.467 e. The number of esters is 1. The fraction of sp³-hybridized carbons (Fsp3) is 0.929. The van der Waals surface area contributed by atoms with Crippen LogP contribution in [-0.4, -0.2) is 36.4 Å². The summed E-state index contributed by atoms with van der Waals surface area (Å²) in [5.74, 6) is 0.685. The fourth-order valence-corrected chi connectivity index (χ4v) is 2.83. The van der Waals surface area contributed by atoms with Crippen LogP contribution in [0.1, 0.15) is 46.5 Å². The summed E-state index contributed by atoms with van der Waals surface area (Å²) in [6.07, 6.45) is 4.87. The third kappa shape index (κ3) is 3.95. The first-order chi connectivity index (χ1) is 8.38. The summed E-state index contributed by atoms with van der Waals surface area (Å²) < 4.78 is 4.60. The van der Waals surface area contributed by atoms with E-state index in [-0.39, 0.29) is 6.54 Å². The molecule has 0 heterocycles. The van der Waals surface area contributed by atoms with Gasteiger partial charge in [-0.3, -0.25) is 0 Å². The summed E-state index contributed by atoms with van der Waals surface area (Å²) in [6, 6.07) is 0.398. The van der Waals surface area contributed by atoms with Gasteiger partial charge in [-0.25, -0.2) is 4.79 Å². The lowest BCUT2D eigenvalue weighted by Gasteiger charge is -2.36. The average Bonchev–Trinajstić information content (AvgIpc) is 2.35. The number of hydrogen-bond donors (Lipinski definition) is 2. The zero-order valence-electron chi connectivity index (χ0n) is 12.0. The van der Waals surface area contributed by atoms with E-state index in [1.165, 1.54) is 33.3 Å². The molecule has 1 saturated carbocycles. The highest BCUT2D eigenvalue weighted by molar-refractivity contribution is 5.78. The summed E-state index contributed by atoms with van der Waals surface area (Å²) in [5, 5.41) is 13.4. The van der Waals surface area contributed by atoms with E-state index in [2.05, 4.69) is 23.9 Å². The van der Waals surface area contributed by atoms with Crippen molar-refractivity contribution in [3.8, 4) is 0 Å². The first-order valence-corrected chi connectivity index (χ1v) is 6.92. The molecule has 1 aliphatic rings. The van der Waals surface area contributed by atoms with Crippen molar-refractivity contribution < 1.29 is 14.6 Å². The molecule has 0 aromatic rings. The number of rotatable bonds is 5. The summed E-state index contributed by atoms with van der Waals surface area (Å²) in [6.45, 7) is 6.23. The Morgan fingerprint density at radius 2 is 2.06 bits per heavy atom. The third-order valence-electron chi connectivity index (χ3n) is 4.01. The Kier molecular flexibility index (Phi) is 5.60. The molecule has 0 aromatic carbocycles. The van der Waals surface area contributed by atoms with Crippen LogP contribution >= 0.6 is 0 Å². The first kappa shape index (κ1) is 15.4. The highest BCUT2D eigenvalue weighted by Gasteiger charge is 2.34. The van der Waals surface area contributed by atoms with Crippen molar-refractivity contribution in [2.24, 2.45) is 11.8 Å². The van der Waals surface area contributed by atoms with Crippen molar-refractivity contribution in [3.05, 3.63) is 0 Å². The van der Waals surface area contributed by atoms with Gasteiger partial charge in [-0.05, 0) is 31.6 Å². The van der Waals surface area contributed by atoms with E-state index in [0.717, 1.165) is 6.42 Å². The number of methoxy groups -OCH3 is 1. The molecule has 2 N–H and O–H groups in total. The molecule has 3 unspecified atom stereocenters. The normalized spacial score (nSPS) is 27.9. The Balaban J connectivity index is 2.52. The molecule has 0 aliphatic heterocycles. The highest BCUT2D eigenvalue weighted by Crippen LogP contribution is 2.30. The van der Waals surface area contributed by atoms with Crippen molar-refractivity contribution in [1.82, 2.24) is 5.32 Å². The number of ether oxygens (including phenoxy) is 1. The van der Waals surface area contributed by atoms with E-state index in [1.807, 2.05) is 0 Å². The monoisotopic (exact) mass is 257 g/mol. The molecule has 1 rings (SSSR count). The van der Waals surface area contributed by atoms with Gasteiger partial charge in [-0.15, -0.1) is 0 Å². The second-order valence-corrected chi connectivity index (χ2v) is 5.95. The molecule has 4 nitrogen and oxygen atoms in total. The minimum absolute atomic E-state index is 0.258. The van der Waals surface area contributed by atoms with Gasteiger partial charge in [0.1, 0.15) is 0 Å². The predicted molar refractivity (Wildman–Crippen MR) is 71.2 cm³/mol. The predicted octanol–water partition coefficient (Wildman–Crippen LogP) is 1.71. The van der Waals surface area contributed by atoms with Crippen molar-refractivity contribution in [2.75, 3.05) is 13.7 Å². The van der Waals surface area contributed by atoms with Gasteiger partial charge in [0.15, 0.2) is 5.60 Å². The van der Waals surface area contributed by atoms with Crippen molar-refractivity contribution in [2.45, 2.75) is 58.1 Å². The Morgan fingerprint density at radius 1 is 1.44 bits per heavy atom. The number of hydrogen-bond acceptors (Lipinski definition) is 4. The molecule has 4 heteroatoms. The van der Waals surface area contributed by atoms with Gasteiger partial charge in [-0.1, -0.05) is 26.7 Å². The van der Waals surface area contributed by atoms with Crippen LogP contribution in [0.2, 0.25) is 0 Å². The smallest absolute Gasteiger partial charge is 0.338 e. The quantitative estimate of drug-likeness (QED) is 0.736. The number of carbonyl (C=O) groups excluding carboxylic acids is 1. The topological polar surface area (TPSA) is 58.6 Å². The standard InChI is InChI=1S/C14H27NO3/c1-10(2)11-7-5-6-8-12(11)15-9-14(3,17)13(16)18-4/h10-12,15,17H,5-9H2,1-4H3. The molecule has 0 amide bonds. The number of carbonyl (C=O) groups is 1. The molecular formula is C14H27NO3. The van der Waals surface area contributed by atoms with Crippen molar-refractivity contribution in [1.29, 1.82) is 0 Å². The highest BCUT2D eigenvalue weighted by atomic mass is 16.5. The largest absolute Gasteiger partial charge is 0.467 e. The van der Waals surface area contributed by atoms with E-state index in [0.29, 0.717) is 17.9 Å². The molecule has 0 bridgehead atoms. The summed E-state index contributed by atoms with van der Waals surface area (Å²) in [5.41, 5.74) is -1.44. The second kappa shape index (κ2) is 6.53. The van der Waals surface area contributed by atoms with Gasteiger partial charge >= 0.3 is 5.97 Å². The summed E-state index contributed by atoms with van der Waals surface area (Å²) in [4.78, 5) is 11.4. The maximum atomic E-state index is 11.4. The lowest BCUT2D eigenvalue weighted by atomic mass is 9.77. The third-order valence-corrected chi connectivity index (χ3v) is 4.01.